The number of aliphatic hydroxyl groups is 2. The standard InChI is InChI=1S/C25H35N3O6/c1-16(2)25(32)28(9-8-27-10-13-33-14-11-27)19-15-18(24(31)26-7-12-29)21-17-5-3-4-6-20(17)34-23(21)22(19)30/h3-6,15-16,19,21-23,29-30H,7-14H2,1-2H3,(H,26,31). The van der Waals surface area contributed by atoms with Crippen LogP contribution in [0.4, 0.5) is 0 Å². The summed E-state index contributed by atoms with van der Waals surface area (Å²) in [5.41, 5.74) is 1.29. The first-order chi connectivity index (χ1) is 16.4. The zero-order valence-electron chi connectivity index (χ0n) is 19.9. The Labute approximate surface area is 200 Å². The molecule has 1 aromatic rings. The number of aliphatic hydroxyl groups excluding tert-OH is 2. The summed E-state index contributed by atoms with van der Waals surface area (Å²) < 4.78 is 11.6. The summed E-state index contributed by atoms with van der Waals surface area (Å²) in [6.07, 6.45) is 0.0381. The van der Waals surface area contributed by atoms with Crippen molar-refractivity contribution in [3.8, 4) is 5.75 Å². The monoisotopic (exact) mass is 473 g/mol. The van der Waals surface area contributed by atoms with Gasteiger partial charge in [-0.2, -0.15) is 0 Å². The second kappa shape index (κ2) is 10.9. The van der Waals surface area contributed by atoms with E-state index in [0.29, 0.717) is 37.6 Å². The summed E-state index contributed by atoms with van der Waals surface area (Å²) in [6, 6.07) is 6.75. The lowest BCUT2D eigenvalue weighted by molar-refractivity contribution is -0.140. The molecule has 34 heavy (non-hydrogen) atoms. The number of para-hydroxylation sites is 1. The largest absolute Gasteiger partial charge is 0.486 e. The molecule has 0 bridgehead atoms. The van der Waals surface area contributed by atoms with Crippen LogP contribution < -0.4 is 10.1 Å². The molecule has 2 amide bonds. The summed E-state index contributed by atoms with van der Waals surface area (Å²) in [5, 5.41) is 23.4. The molecule has 1 saturated heterocycles. The Morgan fingerprint density at radius 1 is 1.24 bits per heavy atom. The minimum atomic E-state index is -1.00. The summed E-state index contributed by atoms with van der Waals surface area (Å²) in [7, 11) is 0. The number of ether oxygens (including phenoxy) is 2. The van der Waals surface area contributed by atoms with Crippen molar-refractivity contribution >= 4 is 11.8 Å². The second-order valence-electron chi connectivity index (χ2n) is 9.32. The fraction of sp³-hybridized carbons (Fsp3) is 0.600. The summed E-state index contributed by atoms with van der Waals surface area (Å²) in [5.74, 6) is -0.495. The van der Waals surface area contributed by atoms with Crippen LogP contribution >= 0.6 is 0 Å². The highest BCUT2D eigenvalue weighted by Gasteiger charge is 2.50. The average Bonchev–Trinajstić information content (AvgIpc) is 3.24. The maximum atomic E-state index is 13.3. The van der Waals surface area contributed by atoms with Crippen LogP contribution in [0.25, 0.3) is 0 Å². The van der Waals surface area contributed by atoms with Crippen LogP contribution in [0, 0.1) is 5.92 Å². The van der Waals surface area contributed by atoms with E-state index in [1.807, 2.05) is 38.1 Å². The van der Waals surface area contributed by atoms with Gasteiger partial charge >= 0.3 is 0 Å². The van der Waals surface area contributed by atoms with Gasteiger partial charge in [-0.15, -0.1) is 0 Å². The smallest absolute Gasteiger partial charge is 0.247 e. The molecule has 0 spiro atoms. The first-order valence-corrected chi connectivity index (χ1v) is 12.1. The number of rotatable bonds is 8. The number of benzene rings is 1. The Morgan fingerprint density at radius 3 is 2.68 bits per heavy atom. The van der Waals surface area contributed by atoms with Crippen molar-refractivity contribution in [1.29, 1.82) is 0 Å². The lowest BCUT2D eigenvalue weighted by Crippen LogP contribution is -2.57. The molecule has 3 N–H and O–H groups in total. The second-order valence-corrected chi connectivity index (χ2v) is 9.32. The maximum absolute atomic E-state index is 13.3. The number of carbonyl (C=O) groups excluding carboxylic acids is 2. The molecular formula is C25H35N3O6. The molecule has 9 nitrogen and oxygen atoms in total. The van der Waals surface area contributed by atoms with E-state index in [-0.39, 0.29) is 30.9 Å². The Balaban J connectivity index is 1.67. The van der Waals surface area contributed by atoms with E-state index in [1.54, 1.807) is 11.0 Å². The van der Waals surface area contributed by atoms with Gasteiger partial charge in [-0.1, -0.05) is 32.0 Å². The average molecular weight is 474 g/mol. The van der Waals surface area contributed by atoms with Gasteiger partial charge in [0.2, 0.25) is 11.8 Å². The van der Waals surface area contributed by atoms with Crippen LogP contribution in [0.1, 0.15) is 25.3 Å². The van der Waals surface area contributed by atoms with Gasteiger partial charge in [0.05, 0.1) is 31.8 Å². The minimum Gasteiger partial charge on any atom is -0.486 e. The van der Waals surface area contributed by atoms with Crippen molar-refractivity contribution in [2.24, 2.45) is 5.92 Å². The molecule has 4 atom stereocenters. The molecule has 0 aromatic heterocycles. The topological polar surface area (TPSA) is 112 Å². The third-order valence-corrected chi connectivity index (χ3v) is 6.77. The van der Waals surface area contributed by atoms with Crippen molar-refractivity contribution < 1.29 is 29.3 Å². The zero-order valence-corrected chi connectivity index (χ0v) is 19.9. The van der Waals surface area contributed by atoms with Gasteiger partial charge < -0.3 is 29.9 Å². The summed E-state index contributed by atoms with van der Waals surface area (Å²) in [4.78, 5) is 30.4. The van der Waals surface area contributed by atoms with Gasteiger partial charge in [-0.05, 0) is 12.1 Å². The highest BCUT2D eigenvalue weighted by atomic mass is 16.5. The van der Waals surface area contributed by atoms with Gasteiger partial charge in [0.15, 0.2) is 0 Å². The number of morpholine rings is 1. The number of fused-ring (bicyclic) bond motifs is 3. The molecule has 9 heteroatoms. The van der Waals surface area contributed by atoms with Gasteiger partial charge in [0.1, 0.15) is 18.0 Å². The zero-order chi connectivity index (χ0) is 24.2. The van der Waals surface area contributed by atoms with Crippen LogP contribution in [0.2, 0.25) is 0 Å². The highest BCUT2D eigenvalue weighted by molar-refractivity contribution is 5.96. The van der Waals surface area contributed by atoms with Gasteiger partial charge in [0, 0.05) is 49.8 Å². The first kappa shape index (κ1) is 24.7. The highest BCUT2D eigenvalue weighted by Crippen LogP contribution is 2.47. The van der Waals surface area contributed by atoms with Crippen LogP contribution in [0.3, 0.4) is 0 Å². The quantitative estimate of drug-likeness (QED) is 0.492. The fourth-order valence-corrected chi connectivity index (χ4v) is 5.00. The number of nitrogens with zero attached hydrogens (tertiary/aromatic N) is 2. The third-order valence-electron chi connectivity index (χ3n) is 6.77. The fourth-order valence-electron chi connectivity index (χ4n) is 5.00. The van der Waals surface area contributed by atoms with Crippen LogP contribution in [0.15, 0.2) is 35.9 Å². The van der Waals surface area contributed by atoms with Crippen molar-refractivity contribution in [3.63, 3.8) is 0 Å². The van der Waals surface area contributed by atoms with E-state index < -0.39 is 24.2 Å². The van der Waals surface area contributed by atoms with Gasteiger partial charge in [0.25, 0.3) is 0 Å². The normalized spacial score (nSPS) is 26.3. The molecule has 0 saturated carbocycles. The van der Waals surface area contributed by atoms with E-state index in [9.17, 15) is 19.8 Å². The number of hydrogen-bond donors (Lipinski definition) is 3. The molecule has 4 unspecified atom stereocenters. The molecule has 1 aromatic carbocycles. The summed E-state index contributed by atoms with van der Waals surface area (Å²) >= 11 is 0. The van der Waals surface area contributed by atoms with Crippen molar-refractivity contribution in [2.45, 2.75) is 38.0 Å². The molecule has 2 aliphatic heterocycles. The van der Waals surface area contributed by atoms with Crippen LogP contribution in [-0.2, 0) is 14.3 Å². The first-order valence-electron chi connectivity index (χ1n) is 12.1. The van der Waals surface area contributed by atoms with E-state index >= 15 is 0 Å². The molecular weight excluding hydrogens is 438 g/mol. The predicted molar refractivity (Wildman–Crippen MR) is 125 cm³/mol. The van der Waals surface area contributed by atoms with Crippen molar-refractivity contribution in [2.75, 3.05) is 52.5 Å². The number of amides is 2. The molecule has 1 fully saturated rings. The molecule has 186 valence electrons. The number of nitrogens with one attached hydrogen (secondary N) is 1. The van der Waals surface area contributed by atoms with E-state index in [4.69, 9.17) is 9.47 Å². The molecule has 1 aliphatic carbocycles. The van der Waals surface area contributed by atoms with Gasteiger partial charge in [-0.3, -0.25) is 14.5 Å². The Morgan fingerprint density at radius 2 is 1.97 bits per heavy atom. The van der Waals surface area contributed by atoms with E-state index in [0.717, 1.165) is 18.7 Å². The Kier molecular flexibility index (Phi) is 7.88. The SMILES string of the molecule is CC(C)C(=O)N(CCN1CCOCC1)C1C=C(C(=O)NCCO)C2c3ccccc3OC2C1O. The molecule has 4 rings (SSSR count). The van der Waals surface area contributed by atoms with Gasteiger partial charge in [-0.25, -0.2) is 0 Å². The molecule has 3 aliphatic rings. The minimum absolute atomic E-state index is 0.0855. The third kappa shape index (κ3) is 4.98. The molecule has 0 radical (unpaired) electrons. The van der Waals surface area contributed by atoms with Crippen LogP contribution in [0.5, 0.6) is 5.75 Å². The lowest BCUT2D eigenvalue weighted by Gasteiger charge is -2.42. The maximum Gasteiger partial charge on any atom is 0.247 e. The number of carbonyl (C=O) groups is 2. The van der Waals surface area contributed by atoms with Crippen molar-refractivity contribution in [3.05, 3.63) is 41.5 Å². The van der Waals surface area contributed by atoms with Crippen molar-refractivity contribution in [1.82, 2.24) is 15.1 Å². The Bertz CT molecular complexity index is 914. The predicted octanol–water partition coefficient (Wildman–Crippen LogP) is 0.126. The van der Waals surface area contributed by atoms with E-state index in [1.165, 1.54) is 0 Å². The Hall–Kier alpha value is -2.46. The van der Waals surface area contributed by atoms with E-state index in [2.05, 4.69) is 10.2 Å². The lowest BCUT2D eigenvalue weighted by atomic mass is 9.77. The number of hydrogen-bond acceptors (Lipinski definition) is 7. The molecule has 2 heterocycles. The summed E-state index contributed by atoms with van der Waals surface area (Å²) in [6.45, 7) is 7.61. The van der Waals surface area contributed by atoms with Crippen LogP contribution in [-0.4, -0.2) is 103 Å².